The van der Waals surface area contributed by atoms with E-state index in [2.05, 4.69) is 11.4 Å². The molecule has 0 saturated carbocycles. The van der Waals surface area contributed by atoms with Crippen molar-refractivity contribution in [1.82, 2.24) is 0 Å². The van der Waals surface area contributed by atoms with Gasteiger partial charge in [-0.3, -0.25) is 4.79 Å². The van der Waals surface area contributed by atoms with E-state index in [-0.39, 0.29) is 18.1 Å². The van der Waals surface area contributed by atoms with Crippen molar-refractivity contribution in [3.8, 4) is 6.07 Å². The number of anilines is 1. The maximum Gasteiger partial charge on any atom is 0.229 e. The maximum absolute atomic E-state index is 12.9. The lowest BCUT2D eigenvalue weighted by molar-refractivity contribution is -0.115. The molecule has 1 aliphatic rings. The summed E-state index contributed by atoms with van der Waals surface area (Å²) < 4.78 is 12.9. The van der Waals surface area contributed by atoms with Crippen molar-refractivity contribution in [3.63, 3.8) is 0 Å². The van der Waals surface area contributed by atoms with E-state index in [9.17, 15) is 14.4 Å². The number of nitrogens with zero attached hydrogens (tertiary/aromatic N) is 1. The molecular formula is C18H17FN2OS. The van der Waals surface area contributed by atoms with Gasteiger partial charge in [-0.25, -0.2) is 4.39 Å². The molecule has 0 aliphatic heterocycles. The number of benzene rings is 1. The summed E-state index contributed by atoms with van der Waals surface area (Å²) in [6.45, 7) is 0. The molecule has 1 amide bonds. The molecule has 5 heteroatoms. The Morgan fingerprint density at radius 2 is 1.96 bits per heavy atom. The number of carbonyl (C=O) groups is 1. The van der Waals surface area contributed by atoms with E-state index in [1.807, 2.05) is 0 Å². The van der Waals surface area contributed by atoms with Crippen LogP contribution in [0.5, 0.6) is 0 Å². The fraction of sp³-hybridized carbons (Fsp3) is 0.333. The van der Waals surface area contributed by atoms with Crippen LogP contribution in [0.1, 0.15) is 40.8 Å². The lowest BCUT2D eigenvalue weighted by Gasteiger charge is -2.04. The molecule has 0 fully saturated rings. The molecule has 1 aliphatic carbocycles. The number of carbonyl (C=O) groups excluding carboxylic acids is 1. The molecule has 1 N–H and O–H groups in total. The third-order valence-corrected chi connectivity index (χ3v) is 5.27. The number of amides is 1. The smallest absolute Gasteiger partial charge is 0.229 e. The Morgan fingerprint density at radius 3 is 2.70 bits per heavy atom. The van der Waals surface area contributed by atoms with Gasteiger partial charge in [0.15, 0.2) is 0 Å². The molecule has 0 atom stereocenters. The van der Waals surface area contributed by atoms with E-state index < -0.39 is 0 Å². The predicted molar refractivity (Wildman–Crippen MR) is 89.0 cm³/mol. The molecule has 3 rings (SSSR count). The molecule has 0 radical (unpaired) electrons. The van der Waals surface area contributed by atoms with Gasteiger partial charge < -0.3 is 5.32 Å². The summed E-state index contributed by atoms with van der Waals surface area (Å²) in [5, 5.41) is 13.0. The van der Waals surface area contributed by atoms with Crippen LogP contribution in [0.25, 0.3) is 0 Å². The number of hydrogen-bond donors (Lipinski definition) is 1. The summed E-state index contributed by atoms with van der Waals surface area (Å²) in [4.78, 5) is 13.4. The first-order valence-corrected chi connectivity index (χ1v) is 8.58. The van der Waals surface area contributed by atoms with Crippen LogP contribution in [0.15, 0.2) is 24.3 Å². The molecule has 0 spiro atoms. The first-order chi connectivity index (χ1) is 11.2. The molecule has 2 aromatic rings. The highest BCUT2D eigenvalue weighted by Gasteiger charge is 2.20. The monoisotopic (exact) mass is 328 g/mol. The van der Waals surface area contributed by atoms with Gasteiger partial charge in [0.25, 0.3) is 0 Å². The molecule has 23 heavy (non-hydrogen) atoms. The first-order valence-electron chi connectivity index (χ1n) is 7.76. The first kappa shape index (κ1) is 15.7. The topological polar surface area (TPSA) is 52.9 Å². The van der Waals surface area contributed by atoms with E-state index in [0.717, 1.165) is 36.8 Å². The van der Waals surface area contributed by atoms with Gasteiger partial charge in [-0.2, -0.15) is 5.26 Å². The normalized spacial score (nSPS) is 13.7. The number of nitriles is 1. The zero-order valence-electron chi connectivity index (χ0n) is 12.7. The van der Waals surface area contributed by atoms with E-state index in [4.69, 9.17) is 0 Å². The third kappa shape index (κ3) is 3.59. The molecule has 0 unspecified atom stereocenters. The average molecular weight is 328 g/mol. The highest BCUT2D eigenvalue weighted by atomic mass is 32.1. The molecule has 1 aromatic carbocycles. The molecule has 3 nitrogen and oxygen atoms in total. The summed E-state index contributed by atoms with van der Waals surface area (Å²) >= 11 is 1.53. The Kier molecular flexibility index (Phi) is 4.73. The van der Waals surface area contributed by atoms with Gasteiger partial charge in [0.1, 0.15) is 16.9 Å². The average Bonchev–Trinajstić information content (AvgIpc) is 2.69. The van der Waals surface area contributed by atoms with Crippen LogP contribution < -0.4 is 5.32 Å². The van der Waals surface area contributed by atoms with Gasteiger partial charge in [0, 0.05) is 4.88 Å². The van der Waals surface area contributed by atoms with Crippen LogP contribution >= 0.6 is 11.3 Å². The van der Waals surface area contributed by atoms with Crippen LogP contribution in [0.4, 0.5) is 9.39 Å². The zero-order chi connectivity index (χ0) is 16.2. The highest BCUT2D eigenvalue weighted by Crippen LogP contribution is 2.37. The highest BCUT2D eigenvalue weighted by molar-refractivity contribution is 7.16. The second-order valence-corrected chi connectivity index (χ2v) is 6.84. The van der Waals surface area contributed by atoms with Gasteiger partial charge in [-0.1, -0.05) is 18.6 Å². The minimum absolute atomic E-state index is 0.174. The van der Waals surface area contributed by atoms with Crippen molar-refractivity contribution in [2.75, 3.05) is 5.32 Å². The maximum atomic E-state index is 12.9. The van der Waals surface area contributed by atoms with Crippen molar-refractivity contribution < 1.29 is 9.18 Å². The minimum atomic E-state index is -0.317. The van der Waals surface area contributed by atoms with Gasteiger partial charge in [-0.05, 0) is 48.9 Å². The molecular weight excluding hydrogens is 311 g/mol. The van der Waals surface area contributed by atoms with Gasteiger partial charge in [0.2, 0.25) is 5.91 Å². The second kappa shape index (κ2) is 6.93. The fourth-order valence-electron chi connectivity index (χ4n) is 2.91. The number of fused-ring (bicyclic) bond motifs is 1. The number of aryl methyl sites for hydroxylation is 1. The number of hydrogen-bond acceptors (Lipinski definition) is 3. The third-order valence-electron chi connectivity index (χ3n) is 4.06. The summed E-state index contributed by atoms with van der Waals surface area (Å²) in [6.07, 6.45) is 5.51. The minimum Gasteiger partial charge on any atom is -0.316 e. The molecule has 1 heterocycles. The van der Waals surface area contributed by atoms with E-state index >= 15 is 0 Å². The quantitative estimate of drug-likeness (QED) is 0.858. The lowest BCUT2D eigenvalue weighted by Crippen LogP contribution is -2.14. The number of rotatable bonds is 3. The number of halogens is 1. The SMILES string of the molecule is N#Cc1c(NC(=O)Cc2ccc(F)cc2)sc2c1CCCCC2. The molecule has 118 valence electrons. The van der Waals surface area contributed by atoms with Crippen molar-refractivity contribution >= 4 is 22.2 Å². The Bertz CT molecular complexity index is 759. The Balaban J connectivity index is 1.76. The zero-order valence-corrected chi connectivity index (χ0v) is 13.5. The van der Waals surface area contributed by atoms with Crippen LogP contribution in [0.3, 0.4) is 0 Å². The second-order valence-electron chi connectivity index (χ2n) is 5.73. The van der Waals surface area contributed by atoms with Crippen LogP contribution in [-0.4, -0.2) is 5.91 Å². The van der Waals surface area contributed by atoms with E-state index in [0.29, 0.717) is 10.6 Å². The van der Waals surface area contributed by atoms with Gasteiger partial charge in [0.05, 0.1) is 12.0 Å². The molecule has 0 bridgehead atoms. The van der Waals surface area contributed by atoms with Crippen LogP contribution in [0.2, 0.25) is 0 Å². The number of nitrogens with one attached hydrogen (secondary N) is 1. The van der Waals surface area contributed by atoms with Crippen molar-refractivity contribution in [3.05, 3.63) is 51.7 Å². The number of thiophene rings is 1. The van der Waals surface area contributed by atoms with Crippen molar-refractivity contribution in [2.45, 2.75) is 38.5 Å². The fourth-order valence-corrected chi connectivity index (χ4v) is 4.16. The summed E-state index contributed by atoms with van der Waals surface area (Å²) in [6, 6.07) is 8.14. The van der Waals surface area contributed by atoms with Gasteiger partial charge in [-0.15, -0.1) is 11.3 Å². The molecule has 0 saturated heterocycles. The van der Waals surface area contributed by atoms with E-state index in [1.54, 1.807) is 12.1 Å². The molecule has 1 aromatic heterocycles. The lowest BCUT2D eigenvalue weighted by atomic mass is 10.1. The van der Waals surface area contributed by atoms with Crippen LogP contribution in [-0.2, 0) is 24.1 Å². The Hall–Kier alpha value is -2.19. The van der Waals surface area contributed by atoms with E-state index in [1.165, 1.54) is 34.8 Å². The summed E-state index contributed by atoms with van der Waals surface area (Å²) in [5.41, 5.74) is 2.49. The van der Waals surface area contributed by atoms with Gasteiger partial charge >= 0.3 is 0 Å². The van der Waals surface area contributed by atoms with Crippen LogP contribution in [0, 0.1) is 17.1 Å². The largest absolute Gasteiger partial charge is 0.316 e. The standard InChI is InChI=1S/C18H17FN2OS/c19-13-8-6-12(7-9-13)10-17(22)21-18-15(11-20)14-4-2-1-3-5-16(14)23-18/h6-9H,1-5,10H2,(H,21,22). The summed E-state index contributed by atoms with van der Waals surface area (Å²) in [7, 11) is 0. The Morgan fingerprint density at radius 1 is 1.22 bits per heavy atom. The predicted octanol–water partition coefficient (Wildman–Crippen LogP) is 4.21. The summed E-state index contributed by atoms with van der Waals surface area (Å²) in [5.74, 6) is -0.493. The Labute approximate surface area is 138 Å². The van der Waals surface area contributed by atoms with Crippen molar-refractivity contribution in [1.29, 1.82) is 5.26 Å². The van der Waals surface area contributed by atoms with Crippen molar-refractivity contribution in [2.24, 2.45) is 0 Å².